The molecular formula is C18H26Cl2N2O. The van der Waals surface area contributed by atoms with E-state index in [1.165, 1.54) is 0 Å². The van der Waals surface area contributed by atoms with E-state index in [0.717, 1.165) is 31.4 Å². The number of hydrogen-bond donors (Lipinski definition) is 1. The van der Waals surface area contributed by atoms with Crippen molar-refractivity contribution >= 4 is 29.1 Å². The average molecular weight is 357 g/mol. The fraction of sp³-hybridized carbons (Fsp3) is 0.611. The van der Waals surface area contributed by atoms with Crippen molar-refractivity contribution in [1.29, 1.82) is 0 Å². The van der Waals surface area contributed by atoms with Crippen LogP contribution in [0.5, 0.6) is 0 Å². The summed E-state index contributed by atoms with van der Waals surface area (Å²) in [6, 6.07) is 6.12. The van der Waals surface area contributed by atoms with Crippen molar-refractivity contribution in [1.82, 2.24) is 10.2 Å². The summed E-state index contributed by atoms with van der Waals surface area (Å²) in [4.78, 5) is 15.0. The molecule has 0 spiro atoms. The number of nitrogens with one attached hydrogen (secondary N) is 1. The highest BCUT2D eigenvalue weighted by atomic mass is 35.5. The molecule has 0 radical (unpaired) electrons. The summed E-state index contributed by atoms with van der Waals surface area (Å²) < 4.78 is 0. The topological polar surface area (TPSA) is 32.3 Å². The largest absolute Gasteiger partial charge is 0.347 e. The third-order valence-electron chi connectivity index (χ3n) is 4.88. The minimum Gasteiger partial charge on any atom is -0.347 e. The highest BCUT2D eigenvalue weighted by molar-refractivity contribution is 6.42. The van der Waals surface area contributed by atoms with E-state index in [4.69, 9.17) is 23.2 Å². The summed E-state index contributed by atoms with van der Waals surface area (Å²) >= 11 is 12.4. The van der Waals surface area contributed by atoms with Crippen LogP contribution in [0.25, 0.3) is 0 Å². The third-order valence-corrected chi connectivity index (χ3v) is 5.70. The maximum Gasteiger partial charge on any atom is 0.225 e. The van der Waals surface area contributed by atoms with Crippen molar-refractivity contribution in [3.63, 3.8) is 0 Å². The van der Waals surface area contributed by atoms with E-state index in [9.17, 15) is 4.79 Å². The van der Waals surface area contributed by atoms with Gasteiger partial charge in [0.2, 0.25) is 5.91 Å². The summed E-state index contributed by atoms with van der Waals surface area (Å²) in [7, 11) is 2.10. The second-order valence-corrected chi connectivity index (χ2v) is 7.78. The van der Waals surface area contributed by atoms with Gasteiger partial charge in [0.25, 0.3) is 0 Å². The smallest absolute Gasteiger partial charge is 0.225 e. The molecule has 1 fully saturated rings. The standard InChI is InChI=1S/C18H26Cl2N2O/c1-5-13-10-9-12(11-22(13)4)17(23)21-18(2,3)14-7-6-8-15(19)16(14)20/h6-8,12-13H,5,9-11H2,1-4H3,(H,21,23)/t12-,13-/m0/s1. The van der Waals surface area contributed by atoms with E-state index >= 15 is 0 Å². The van der Waals surface area contributed by atoms with Crippen LogP contribution >= 0.6 is 23.2 Å². The van der Waals surface area contributed by atoms with Crippen LogP contribution in [0.1, 0.15) is 45.6 Å². The van der Waals surface area contributed by atoms with Gasteiger partial charge in [-0.05, 0) is 51.8 Å². The third kappa shape index (κ3) is 4.20. The number of piperidine rings is 1. The number of carbonyl (C=O) groups is 1. The molecule has 1 N–H and O–H groups in total. The number of carbonyl (C=O) groups excluding carboxylic acids is 1. The Kier molecular flexibility index (Phi) is 5.99. The first kappa shape index (κ1) is 18.6. The molecular weight excluding hydrogens is 331 g/mol. The SMILES string of the molecule is CC[C@H]1CC[C@H](C(=O)NC(C)(C)c2cccc(Cl)c2Cl)CN1C. The first-order chi connectivity index (χ1) is 10.8. The van der Waals surface area contributed by atoms with Crippen molar-refractivity contribution in [2.45, 2.75) is 51.6 Å². The quantitative estimate of drug-likeness (QED) is 0.863. The maximum absolute atomic E-state index is 12.7. The lowest BCUT2D eigenvalue weighted by Gasteiger charge is -2.38. The first-order valence-electron chi connectivity index (χ1n) is 8.23. The van der Waals surface area contributed by atoms with Crippen molar-refractivity contribution in [2.75, 3.05) is 13.6 Å². The lowest BCUT2D eigenvalue weighted by molar-refractivity contribution is -0.128. The number of nitrogens with zero attached hydrogens (tertiary/aromatic N) is 1. The molecule has 2 rings (SSSR count). The van der Waals surface area contributed by atoms with E-state index in [1.807, 2.05) is 26.0 Å². The van der Waals surface area contributed by atoms with Crippen LogP contribution in [0.15, 0.2) is 18.2 Å². The molecule has 0 unspecified atom stereocenters. The van der Waals surface area contributed by atoms with Gasteiger partial charge >= 0.3 is 0 Å². The molecule has 1 aliphatic heterocycles. The van der Waals surface area contributed by atoms with Crippen molar-refractivity contribution < 1.29 is 4.79 Å². The van der Waals surface area contributed by atoms with Crippen molar-refractivity contribution in [3.8, 4) is 0 Å². The molecule has 0 saturated carbocycles. The van der Waals surface area contributed by atoms with E-state index in [-0.39, 0.29) is 11.8 Å². The second kappa shape index (κ2) is 7.42. The number of rotatable bonds is 4. The van der Waals surface area contributed by atoms with Gasteiger partial charge in [-0.15, -0.1) is 0 Å². The number of likely N-dealkylation sites (tertiary alicyclic amines) is 1. The predicted molar refractivity (Wildman–Crippen MR) is 97.1 cm³/mol. The molecule has 1 heterocycles. The van der Waals surface area contributed by atoms with Crippen LogP contribution in [0.3, 0.4) is 0 Å². The molecule has 1 aromatic rings. The minimum absolute atomic E-state index is 0.0278. The van der Waals surface area contributed by atoms with Gasteiger partial charge in [-0.25, -0.2) is 0 Å². The minimum atomic E-state index is -0.556. The Morgan fingerprint density at radius 3 is 2.65 bits per heavy atom. The van der Waals surface area contributed by atoms with E-state index < -0.39 is 5.54 Å². The van der Waals surface area contributed by atoms with Crippen LogP contribution in [0.2, 0.25) is 10.0 Å². The molecule has 5 heteroatoms. The molecule has 1 saturated heterocycles. The zero-order valence-corrected chi connectivity index (χ0v) is 15.8. The zero-order valence-electron chi connectivity index (χ0n) is 14.3. The Morgan fingerprint density at radius 1 is 1.35 bits per heavy atom. The van der Waals surface area contributed by atoms with Crippen LogP contribution in [-0.2, 0) is 10.3 Å². The molecule has 1 aromatic carbocycles. The second-order valence-electron chi connectivity index (χ2n) is 6.99. The highest BCUT2D eigenvalue weighted by Crippen LogP contribution is 2.33. The van der Waals surface area contributed by atoms with Crippen molar-refractivity contribution in [3.05, 3.63) is 33.8 Å². The van der Waals surface area contributed by atoms with Crippen LogP contribution < -0.4 is 5.32 Å². The van der Waals surface area contributed by atoms with E-state index in [0.29, 0.717) is 16.1 Å². The fourth-order valence-corrected chi connectivity index (χ4v) is 3.93. The molecule has 2 atom stereocenters. The lowest BCUT2D eigenvalue weighted by atomic mass is 9.89. The fourth-order valence-electron chi connectivity index (χ4n) is 3.40. The van der Waals surface area contributed by atoms with Crippen LogP contribution in [0, 0.1) is 5.92 Å². The number of halogens is 2. The van der Waals surface area contributed by atoms with Gasteiger partial charge in [-0.3, -0.25) is 4.79 Å². The summed E-state index contributed by atoms with van der Waals surface area (Å²) in [5.41, 5.74) is 0.287. The Balaban J connectivity index is 2.08. The molecule has 3 nitrogen and oxygen atoms in total. The summed E-state index contributed by atoms with van der Waals surface area (Å²) in [5, 5.41) is 4.17. The number of amides is 1. The Hall–Kier alpha value is -0.770. The molecule has 0 aliphatic carbocycles. The van der Waals surface area contributed by atoms with Crippen LogP contribution in [-0.4, -0.2) is 30.4 Å². The molecule has 0 bridgehead atoms. The predicted octanol–water partition coefficient (Wildman–Crippen LogP) is 4.47. The van der Waals surface area contributed by atoms with Gasteiger partial charge in [-0.2, -0.15) is 0 Å². The Morgan fingerprint density at radius 2 is 2.04 bits per heavy atom. The van der Waals surface area contributed by atoms with Gasteiger partial charge in [0, 0.05) is 12.6 Å². The number of benzene rings is 1. The zero-order chi connectivity index (χ0) is 17.2. The molecule has 23 heavy (non-hydrogen) atoms. The van der Waals surface area contributed by atoms with E-state index in [1.54, 1.807) is 6.07 Å². The van der Waals surface area contributed by atoms with Crippen molar-refractivity contribution in [2.24, 2.45) is 5.92 Å². The van der Waals surface area contributed by atoms with Gasteiger partial charge < -0.3 is 10.2 Å². The van der Waals surface area contributed by atoms with Gasteiger partial charge in [0.05, 0.1) is 21.5 Å². The van der Waals surface area contributed by atoms with Crippen LogP contribution in [0.4, 0.5) is 0 Å². The molecule has 0 aromatic heterocycles. The first-order valence-corrected chi connectivity index (χ1v) is 8.98. The average Bonchev–Trinajstić information content (AvgIpc) is 2.49. The number of hydrogen-bond acceptors (Lipinski definition) is 2. The summed E-state index contributed by atoms with van der Waals surface area (Å²) in [6.45, 7) is 6.93. The highest BCUT2D eigenvalue weighted by Gasteiger charge is 2.33. The van der Waals surface area contributed by atoms with Gasteiger partial charge in [0.15, 0.2) is 0 Å². The maximum atomic E-state index is 12.7. The normalized spacial score (nSPS) is 22.9. The van der Waals surface area contributed by atoms with Gasteiger partial charge in [0.1, 0.15) is 0 Å². The molecule has 128 valence electrons. The lowest BCUT2D eigenvalue weighted by Crippen LogP contribution is -2.50. The van der Waals surface area contributed by atoms with E-state index in [2.05, 4.69) is 24.2 Å². The Bertz CT molecular complexity index is 574. The summed E-state index contributed by atoms with van der Waals surface area (Å²) in [6.07, 6.45) is 3.14. The van der Waals surface area contributed by atoms with Gasteiger partial charge in [-0.1, -0.05) is 42.3 Å². The molecule has 1 aliphatic rings. The monoisotopic (exact) mass is 356 g/mol. The molecule has 1 amide bonds. The summed E-state index contributed by atoms with van der Waals surface area (Å²) in [5.74, 6) is 0.118. The Labute approximate surface area is 149 Å².